The van der Waals surface area contributed by atoms with Crippen molar-refractivity contribution in [3.8, 4) is 0 Å². The molecule has 8 heteroatoms. The molecule has 0 saturated heterocycles. The van der Waals surface area contributed by atoms with Crippen LogP contribution in [0, 0.1) is 0 Å². The van der Waals surface area contributed by atoms with Gasteiger partial charge in [-0.05, 0) is 43.7 Å². The van der Waals surface area contributed by atoms with Crippen LogP contribution < -0.4 is 15.5 Å². The molecule has 1 amide bonds. The summed E-state index contributed by atoms with van der Waals surface area (Å²) in [5, 5.41) is 11.8. The van der Waals surface area contributed by atoms with E-state index in [1.165, 1.54) is 0 Å². The highest BCUT2D eigenvalue weighted by molar-refractivity contribution is 6.06. The fraction of sp³-hybridized carbons (Fsp3) is 0.167. The molecule has 2 aliphatic heterocycles. The van der Waals surface area contributed by atoms with Crippen molar-refractivity contribution in [1.82, 2.24) is 19.7 Å². The second-order valence-corrected chi connectivity index (χ2v) is 8.57. The van der Waals surface area contributed by atoms with Gasteiger partial charge in [0.2, 0.25) is 11.9 Å². The molecule has 2 aromatic heterocycles. The normalized spacial score (nSPS) is 16.1. The maximum Gasteiger partial charge on any atom is 0.247 e. The monoisotopic (exact) mass is 423 g/mol. The second kappa shape index (κ2) is 6.65. The number of anilines is 4. The molecule has 0 aliphatic carbocycles. The lowest BCUT2D eigenvalue weighted by Crippen LogP contribution is -2.26. The predicted molar refractivity (Wildman–Crippen MR) is 125 cm³/mol. The van der Waals surface area contributed by atoms with E-state index in [0.29, 0.717) is 12.5 Å². The third-order valence-corrected chi connectivity index (χ3v) is 6.07. The Kier molecular flexibility index (Phi) is 3.86. The van der Waals surface area contributed by atoms with Gasteiger partial charge in [0.1, 0.15) is 0 Å². The number of aromatic nitrogens is 4. The van der Waals surface area contributed by atoms with Crippen molar-refractivity contribution in [2.45, 2.75) is 25.8 Å². The molecule has 0 bridgehead atoms. The number of fused-ring (bicyclic) bond motifs is 3. The molecule has 6 rings (SSSR count). The predicted octanol–water partition coefficient (Wildman–Crippen LogP) is 4.25. The average molecular weight is 423 g/mol. The van der Waals surface area contributed by atoms with Crippen LogP contribution in [0.5, 0.6) is 0 Å². The molecule has 4 heterocycles. The van der Waals surface area contributed by atoms with Crippen LogP contribution in [0.2, 0.25) is 0 Å². The van der Waals surface area contributed by atoms with Crippen molar-refractivity contribution in [2.75, 3.05) is 15.5 Å². The Labute approximate surface area is 184 Å². The smallest absolute Gasteiger partial charge is 0.247 e. The average Bonchev–Trinajstić information content (AvgIpc) is 3.29. The maximum atomic E-state index is 12.2. The lowest BCUT2D eigenvalue weighted by atomic mass is 9.86. The second-order valence-electron chi connectivity index (χ2n) is 8.57. The molecule has 0 saturated carbocycles. The molecule has 158 valence electrons. The lowest BCUT2D eigenvalue weighted by Gasteiger charge is -2.22. The van der Waals surface area contributed by atoms with Crippen molar-refractivity contribution in [1.29, 1.82) is 0 Å². The van der Waals surface area contributed by atoms with E-state index in [-0.39, 0.29) is 5.91 Å². The third-order valence-electron chi connectivity index (χ3n) is 6.07. The first-order chi connectivity index (χ1) is 15.5. The summed E-state index contributed by atoms with van der Waals surface area (Å²) in [5.74, 6) is 1.33. The summed E-state index contributed by atoms with van der Waals surface area (Å²) < 4.78 is 1.77. The minimum atomic E-state index is -0.522. The van der Waals surface area contributed by atoms with Crippen molar-refractivity contribution in [3.63, 3.8) is 0 Å². The Bertz CT molecular complexity index is 1420. The minimum Gasteiger partial charge on any atom is -0.338 e. The summed E-state index contributed by atoms with van der Waals surface area (Å²) in [7, 11) is 0. The quantitative estimate of drug-likeness (QED) is 0.512. The number of pyridine rings is 1. The molecular weight excluding hydrogens is 402 g/mol. The van der Waals surface area contributed by atoms with Crippen molar-refractivity contribution < 1.29 is 4.79 Å². The van der Waals surface area contributed by atoms with Gasteiger partial charge in [0, 0.05) is 29.2 Å². The number of rotatable bonds is 3. The van der Waals surface area contributed by atoms with Gasteiger partial charge in [-0.2, -0.15) is 4.98 Å². The number of carbonyl (C=O) groups excluding carboxylic acids is 1. The number of nitrogens with one attached hydrogen (secondary N) is 2. The van der Waals surface area contributed by atoms with Crippen molar-refractivity contribution in [3.05, 3.63) is 72.3 Å². The van der Waals surface area contributed by atoms with Crippen LogP contribution in [0.15, 0.2) is 60.9 Å². The van der Waals surface area contributed by atoms with Gasteiger partial charge in [-0.15, -0.1) is 5.10 Å². The molecule has 0 radical (unpaired) electrons. The largest absolute Gasteiger partial charge is 0.338 e. The van der Waals surface area contributed by atoms with Gasteiger partial charge >= 0.3 is 0 Å². The van der Waals surface area contributed by atoms with Crippen LogP contribution in [-0.4, -0.2) is 25.7 Å². The van der Waals surface area contributed by atoms with Crippen LogP contribution in [0.25, 0.3) is 17.1 Å². The minimum absolute atomic E-state index is 0.00800. The molecular formula is C24H21N7O. The van der Waals surface area contributed by atoms with Crippen molar-refractivity contribution >= 4 is 46.0 Å². The fourth-order valence-corrected chi connectivity index (χ4v) is 4.18. The zero-order chi connectivity index (χ0) is 21.9. The van der Waals surface area contributed by atoms with E-state index in [1.54, 1.807) is 4.68 Å². The van der Waals surface area contributed by atoms with E-state index in [0.717, 1.165) is 39.4 Å². The highest BCUT2D eigenvalue weighted by Gasteiger charge is 2.38. The summed E-state index contributed by atoms with van der Waals surface area (Å²) in [5.41, 5.74) is 4.09. The van der Waals surface area contributed by atoms with Gasteiger partial charge in [-0.1, -0.05) is 24.3 Å². The highest BCUT2D eigenvalue weighted by Crippen LogP contribution is 2.39. The molecule has 2 N–H and O–H groups in total. The van der Waals surface area contributed by atoms with E-state index in [2.05, 4.69) is 42.7 Å². The standard InChI is InChI=1S/C24H21N7O/c1-24(2)18-8-7-16(12-20(18)27-22(24)32)26-23-28-21-14-30(9-10-31(21)29-23)17-11-15-5-3-4-6-19(15)25-13-17/h3-13H,14H2,1-2H3,(H,26,29)(H,27,32). The summed E-state index contributed by atoms with van der Waals surface area (Å²) in [6.07, 6.45) is 5.74. The number of hydrogen-bond acceptors (Lipinski definition) is 6. The van der Waals surface area contributed by atoms with E-state index in [9.17, 15) is 4.79 Å². The summed E-state index contributed by atoms with van der Waals surface area (Å²) in [6, 6.07) is 16.0. The summed E-state index contributed by atoms with van der Waals surface area (Å²) in [4.78, 5) is 23.5. The van der Waals surface area contributed by atoms with Crippen LogP contribution in [0.4, 0.5) is 23.0 Å². The van der Waals surface area contributed by atoms with Gasteiger partial charge in [-0.25, -0.2) is 4.68 Å². The molecule has 0 spiro atoms. The fourth-order valence-electron chi connectivity index (χ4n) is 4.18. The van der Waals surface area contributed by atoms with Gasteiger partial charge in [-0.3, -0.25) is 9.78 Å². The van der Waals surface area contributed by atoms with Crippen molar-refractivity contribution in [2.24, 2.45) is 0 Å². The molecule has 32 heavy (non-hydrogen) atoms. The molecule has 0 fully saturated rings. The van der Waals surface area contributed by atoms with Gasteiger partial charge in [0.25, 0.3) is 0 Å². The SMILES string of the molecule is CC1(C)C(=O)Nc2cc(Nc3nc4n(n3)C=CN(c3cnc5ccccc5c3)C4)ccc21. The number of benzene rings is 2. The zero-order valence-corrected chi connectivity index (χ0v) is 17.7. The first-order valence-electron chi connectivity index (χ1n) is 10.5. The number of para-hydroxylation sites is 1. The Morgan fingerprint density at radius 2 is 1.97 bits per heavy atom. The number of amides is 1. The van der Waals surface area contributed by atoms with Crippen LogP contribution in [0.3, 0.4) is 0 Å². The summed E-state index contributed by atoms with van der Waals surface area (Å²) in [6.45, 7) is 4.43. The van der Waals surface area contributed by atoms with E-state index < -0.39 is 5.41 Å². The molecule has 2 aromatic carbocycles. The van der Waals surface area contributed by atoms with E-state index >= 15 is 0 Å². The summed E-state index contributed by atoms with van der Waals surface area (Å²) >= 11 is 0. The van der Waals surface area contributed by atoms with E-state index in [1.807, 2.05) is 68.8 Å². The van der Waals surface area contributed by atoms with Gasteiger partial charge in [0.05, 0.1) is 29.4 Å². The van der Waals surface area contributed by atoms with Crippen LogP contribution in [0.1, 0.15) is 25.2 Å². The molecule has 2 aliphatic rings. The zero-order valence-electron chi connectivity index (χ0n) is 17.7. The number of nitrogens with zero attached hydrogens (tertiary/aromatic N) is 5. The Morgan fingerprint density at radius 1 is 1.09 bits per heavy atom. The Hall–Kier alpha value is -4.20. The van der Waals surface area contributed by atoms with Crippen LogP contribution in [-0.2, 0) is 16.8 Å². The van der Waals surface area contributed by atoms with E-state index in [4.69, 9.17) is 0 Å². The Balaban J connectivity index is 1.23. The Morgan fingerprint density at radius 3 is 2.88 bits per heavy atom. The van der Waals surface area contributed by atoms with Gasteiger partial charge < -0.3 is 15.5 Å². The lowest BCUT2D eigenvalue weighted by molar-refractivity contribution is -0.119. The molecule has 0 unspecified atom stereocenters. The molecule has 0 atom stereocenters. The molecule has 4 aromatic rings. The topological polar surface area (TPSA) is 88.0 Å². The maximum absolute atomic E-state index is 12.2. The first-order valence-corrected chi connectivity index (χ1v) is 10.5. The van der Waals surface area contributed by atoms with Crippen LogP contribution >= 0.6 is 0 Å². The number of carbonyl (C=O) groups is 1. The number of hydrogen-bond donors (Lipinski definition) is 2. The third kappa shape index (κ3) is 2.91. The highest BCUT2D eigenvalue weighted by atomic mass is 16.2. The first kappa shape index (κ1) is 18.6. The van der Waals surface area contributed by atoms with Gasteiger partial charge in [0.15, 0.2) is 5.82 Å². The molecule has 8 nitrogen and oxygen atoms in total.